The monoisotopic (exact) mass is 292 g/mol. The molecule has 5 nitrogen and oxygen atoms in total. The normalized spacial score (nSPS) is 22.3. The van der Waals surface area contributed by atoms with Gasteiger partial charge in [0.05, 0.1) is 5.69 Å². The van der Waals surface area contributed by atoms with E-state index in [1.165, 1.54) is 12.8 Å². The van der Waals surface area contributed by atoms with Gasteiger partial charge in [-0.3, -0.25) is 9.48 Å². The summed E-state index contributed by atoms with van der Waals surface area (Å²) in [6, 6.07) is 2.18. The van der Waals surface area contributed by atoms with Crippen LogP contribution in [-0.4, -0.2) is 39.7 Å². The average molecular weight is 292 g/mol. The van der Waals surface area contributed by atoms with E-state index >= 15 is 0 Å². The highest BCUT2D eigenvalue weighted by Gasteiger charge is 2.32. The summed E-state index contributed by atoms with van der Waals surface area (Å²) < 4.78 is 1.81. The molecule has 1 aliphatic carbocycles. The highest BCUT2D eigenvalue weighted by molar-refractivity contribution is 5.93. The second kappa shape index (κ2) is 7.07. The molecule has 21 heavy (non-hydrogen) atoms. The van der Waals surface area contributed by atoms with Crippen molar-refractivity contribution in [3.8, 4) is 0 Å². The van der Waals surface area contributed by atoms with Gasteiger partial charge in [0.25, 0.3) is 5.91 Å². The van der Waals surface area contributed by atoms with Crippen LogP contribution in [0.2, 0.25) is 0 Å². The number of hydrogen-bond acceptors (Lipinski definition) is 3. The fourth-order valence-corrected chi connectivity index (χ4v) is 3.51. The maximum Gasteiger partial charge on any atom is 0.272 e. The molecule has 0 radical (unpaired) electrons. The Labute approximate surface area is 127 Å². The van der Waals surface area contributed by atoms with Crippen LogP contribution in [0.4, 0.5) is 0 Å². The lowest BCUT2D eigenvalue weighted by Crippen LogP contribution is -2.48. The highest BCUT2D eigenvalue weighted by Crippen LogP contribution is 2.29. The number of amides is 1. The average Bonchev–Trinajstić information content (AvgIpc) is 2.89. The summed E-state index contributed by atoms with van der Waals surface area (Å²) in [5.74, 6) is 0.534. The number of aryl methyl sites for hydroxylation is 2. The number of carbonyl (C=O) groups is 1. The van der Waals surface area contributed by atoms with E-state index in [9.17, 15) is 4.79 Å². The highest BCUT2D eigenvalue weighted by atomic mass is 16.2. The van der Waals surface area contributed by atoms with Gasteiger partial charge in [-0.15, -0.1) is 0 Å². The van der Waals surface area contributed by atoms with Crippen molar-refractivity contribution in [1.29, 1.82) is 0 Å². The molecule has 0 spiro atoms. The molecule has 0 saturated heterocycles. The Kier molecular flexibility index (Phi) is 5.39. The number of aromatic nitrogens is 2. The van der Waals surface area contributed by atoms with E-state index in [1.54, 1.807) is 4.68 Å². The van der Waals surface area contributed by atoms with Gasteiger partial charge in [0.1, 0.15) is 5.69 Å². The van der Waals surface area contributed by atoms with Gasteiger partial charge in [0, 0.05) is 19.1 Å². The third kappa shape index (κ3) is 3.28. The first kappa shape index (κ1) is 16.0. The zero-order chi connectivity index (χ0) is 15.4. The van der Waals surface area contributed by atoms with Crippen molar-refractivity contribution in [3.63, 3.8) is 0 Å². The van der Waals surface area contributed by atoms with Crippen molar-refractivity contribution in [2.24, 2.45) is 11.7 Å². The van der Waals surface area contributed by atoms with Gasteiger partial charge in [0.15, 0.2) is 0 Å². The third-order valence-electron chi connectivity index (χ3n) is 4.59. The van der Waals surface area contributed by atoms with Crippen LogP contribution in [0.15, 0.2) is 6.07 Å². The molecule has 1 saturated carbocycles. The second-order valence-corrected chi connectivity index (χ2v) is 5.93. The summed E-state index contributed by atoms with van der Waals surface area (Å²) in [5, 5.41) is 4.40. The lowest BCUT2D eigenvalue weighted by Gasteiger charge is -2.39. The first-order valence-electron chi connectivity index (χ1n) is 8.17. The number of nitrogens with two attached hydrogens (primary N) is 1. The van der Waals surface area contributed by atoms with Crippen LogP contribution in [0.5, 0.6) is 0 Å². The second-order valence-electron chi connectivity index (χ2n) is 5.93. The Bertz CT molecular complexity index is 483. The van der Waals surface area contributed by atoms with Gasteiger partial charge in [-0.05, 0) is 52.1 Å². The minimum atomic E-state index is 0.102. The van der Waals surface area contributed by atoms with Crippen LogP contribution < -0.4 is 5.73 Å². The molecular weight excluding hydrogens is 264 g/mol. The van der Waals surface area contributed by atoms with Gasteiger partial charge in [-0.25, -0.2) is 0 Å². The molecule has 5 heteroatoms. The van der Waals surface area contributed by atoms with Crippen molar-refractivity contribution in [3.05, 3.63) is 17.5 Å². The zero-order valence-electron chi connectivity index (χ0n) is 13.5. The van der Waals surface area contributed by atoms with E-state index < -0.39 is 0 Å². The minimum absolute atomic E-state index is 0.102. The summed E-state index contributed by atoms with van der Waals surface area (Å²) in [6.07, 6.45) is 4.63. The summed E-state index contributed by atoms with van der Waals surface area (Å²) in [7, 11) is 0. The molecule has 1 aromatic heterocycles. The van der Waals surface area contributed by atoms with Crippen LogP contribution in [0.3, 0.4) is 0 Å². The molecule has 1 heterocycles. The van der Waals surface area contributed by atoms with Gasteiger partial charge < -0.3 is 10.6 Å². The third-order valence-corrected chi connectivity index (χ3v) is 4.59. The number of carbonyl (C=O) groups excluding carboxylic acids is 1. The fraction of sp³-hybridized carbons (Fsp3) is 0.750. The van der Waals surface area contributed by atoms with E-state index in [4.69, 9.17) is 5.73 Å². The Morgan fingerprint density at radius 3 is 2.76 bits per heavy atom. The maximum absolute atomic E-state index is 13.0. The van der Waals surface area contributed by atoms with Crippen molar-refractivity contribution in [2.45, 2.75) is 59.0 Å². The van der Waals surface area contributed by atoms with Crippen molar-refractivity contribution < 1.29 is 4.79 Å². The molecule has 0 bridgehead atoms. The predicted molar refractivity (Wildman–Crippen MR) is 84.1 cm³/mol. The minimum Gasteiger partial charge on any atom is -0.334 e. The summed E-state index contributed by atoms with van der Waals surface area (Å²) in [6.45, 7) is 8.12. The number of hydrogen-bond donors (Lipinski definition) is 1. The molecule has 1 fully saturated rings. The van der Waals surface area contributed by atoms with E-state index in [1.807, 2.05) is 24.8 Å². The largest absolute Gasteiger partial charge is 0.334 e. The van der Waals surface area contributed by atoms with Crippen LogP contribution in [0.1, 0.15) is 55.7 Å². The topological polar surface area (TPSA) is 64.2 Å². The zero-order valence-corrected chi connectivity index (χ0v) is 13.5. The van der Waals surface area contributed by atoms with Gasteiger partial charge in [0.2, 0.25) is 0 Å². The smallest absolute Gasteiger partial charge is 0.272 e. The quantitative estimate of drug-likeness (QED) is 0.904. The first-order valence-corrected chi connectivity index (χ1v) is 8.17. The van der Waals surface area contributed by atoms with Crippen molar-refractivity contribution >= 4 is 5.91 Å². The molecule has 2 unspecified atom stereocenters. The summed E-state index contributed by atoms with van der Waals surface area (Å²) in [4.78, 5) is 15.0. The molecule has 2 N–H and O–H groups in total. The Morgan fingerprint density at radius 2 is 2.14 bits per heavy atom. The molecule has 118 valence electrons. The van der Waals surface area contributed by atoms with Crippen LogP contribution in [0, 0.1) is 12.8 Å². The molecule has 2 atom stereocenters. The molecule has 0 aromatic carbocycles. The van der Waals surface area contributed by atoms with Crippen LogP contribution >= 0.6 is 0 Å². The molecule has 2 rings (SSSR count). The Balaban J connectivity index is 2.25. The van der Waals surface area contributed by atoms with E-state index in [-0.39, 0.29) is 11.9 Å². The van der Waals surface area contributed by atoms with Gasteiger partial charge in [-0.2, -0.15) is 5.10 Å². The molecule has 1 aromatic rings. The standard InChI is InChI=1S/C16H28N4O/c1-4-19(14-9-7-6-8-13(14)11-17)16(21)15-10-12(3)18-20(15)5-2/h10,13-14H,4-9,11,17H2,1-3H3. The fourth-order valence-electron chi connectivity index (χ4n) is 3.51. The maximum atomic E-state index is 13.0. The predicted octanol–water partition coefficient (Wildman–Crippen LogP) is 2.19. The summed E-state index contributed by atoms with van der Waals surface area (Å²) in [5.41, 5.74) is 7.53. The molecule has 1 amide bonds. The molecule has 0 aliphatic heterocycles. The molecule has 1 aliphatic rings. The first-order chi connectivity index (χ1) is 10.1. The lowest BCUT2D eigenvalue weighted by molar-refractivity contribution is 0.0548. The Hall–Kier alpha value is -1.36. The van der Waals surface area contributed by atoms with Gasteiger partial charge >= 0.3 is 0 Å². The van der Waals surface area contributed by atoms with E-state index in [2.05, 4.69) is 12.0 Å². The van der Waals surface area contributed by atoms with Crippen LogP contribution in [-0.2, 0) is 6.54 Å². The van der Waals surface area contributed by atoms with Crippen LogP contribution in [0.25, 0.3) is 0 Å². The Morgan fingerprint density at radius 1 is 1.43 bits per heavy atom. The SMILES string of the molecule is CCN(C(=O)c1cc(C)nn1CC)C1CCCCC1CN. The van der Waals surface area contributed by atoms with Gasteiger partial charge in [-0.1, -0.05) is 12.8 Å². The number of rotatable bonds is 5. The number of nitrogens with zero attached hydrogens (tertiary/aromatic N) is 3. The van der Waals surface area contributed by atoms with Crippen molar-refractivity contribution in [1.82, 2.24) is 14.7 Å². The summed E-state index contributed by atoms with van der Waals surface area (Å²) >= 11 is 0. The van der Waals surface area contributed by atoms with E-state index in [0.717, 1.165) is 31.6 Å². The lowest BCUT2D eigenvalue weighted by atomic mass is 9.83. The van der Waals surface area contributed by atoms with E-state index in [0.29, 0.717) is 18.2 Å². The van der Waals surface area contributed by atoms with Crippen molar-refractivity contribution in [2.75, 3.05) is 13.1 Å². The molecular formula is C16H28N4O.